The summed E-state index contributed by atoms with van der Waals surface area (Å²) < 4.78 is 24.9. The van der Waals surface area contributed by atoms with Crippen LogP contribution in [0.2, 0.25) is 0 Å². The highest BCUT2D eigenvalue weighted by atomic mass is 32.2. The van der Waals surface area contributed by atoms with Crippen molar-refractivity contribution in [3.8, 4) is 0 Å². The second-order valence-electron chi connectivity index (χ2n) is 6.61. The fourth-order valence-corrected chi connectivity index (χ4v) is 4.44. The maximum atomic E-state index is 11.7. The molecule has 6 nitrogen and oxygen atoms in total. The first-order valence-corrected chi connectivity index (χ1v) is 9.52. The van der Waals surface area contributed by atoms with Crippen molar-refractivity contribution < 1.29 is 18.3 Å². The first-order chi connectivity index (χ1) is 9.73. The summed E-state index contributed by atoms with van der Waals surface area (Å²) in [5.41, 5.74) is -0.800. The highest BCUT2D eigenvalue weighted by Gasteiger charge is 2.42. The molecule has 7 heteroatoms. The van der Waals surface area contributed by atoms with Gasteiger partial charge in [-0.3, -0.25) is 9.69 Å². The molecule has 0 saturated carbocycles. The van der Waals surface area contributed by atoms with Crippen molar-refractivity contribution in [3.63, 3.8) is 0 Å². The molecule has 2 atom stereocenters. The molecular formula is C14H26N2O4S. The average molecular weight is 318 g/mol. The van der Waals surface area contributed by atoms with Crippen LogP contribution in [0.3, 0.4) is 0 Å². The van der Waals surface area contributed by atoms with Crippen molar-refractivity contribution in [2.75, 3.05) is 32.4 Å². The zero-order valence-electron chi connectivity index (χ0n) is 12.9. The second-order valence-corrected chi connectivity index (χ2v) is 8.59. The Bertz CT molecular complexity index is 493. The lowest BCUT2D eigenvalue weighted by molar-refractivity contribution is -0.153. The molecule has 21 heavy (non-hydrogen) atoms. The molecule has 0 radical (unpaired) electrons. The number of hydrogen-bond acceptors (Lipinski definition) is 4. The summed E-state index contributed by atoms with van der Waals surface area (Å²) in [5, 5.41) is 9.53. The number of carboxylic acid groups (broad SMARTS) is 1. The SMILES string of the molecule is CC1(C(=O)O)CCCCN1CC1CCCN(S(C)(=O)=O)C1. The highest BCUT2D eigenvalue weighted by Crippen LogP contribution is 2.30. The Hall–Kier alpha value is -0.660. The average Bonchev–Trinajstić information content (AvgIpc) is 2.41. The van der Waals surface area contributed by atoms with E-state index < -0.39 is 21.5 Å². The van der Waals surface area contributed by atoms with E-state index in [1.165, 1.54) is 10.6 Å². The van der Waals surface area contributed by atoms with E-state index in [9.17, 15) is 18.3 Å². The highest BCUT2D eigenvalue weighted by molar-refractivity contribution is 7.88. The van der Waals surface area contributed by atoms with E-state index in [1.54, 1.807) is 6.92 Å². The summed E-state index contributed by atoms with van der Waals surface area (Å²) >= 11 is 0. The summed E-state index contributed by atoms with van der Waals surface area (Å²) in [6.45, 7) is 4.37. The third-order valence-corrected chi connectivity index (χ3v) is 6.20. The Morgan fingerprint density at radius 2 is 2.00 bits per heavy atom. The van der Waals surface area contributed by atoms with Crippen molar-refractivity contribution in [2.45, 2.75) is 44.6 Å². The number of carboxylic acids is 1. The van der Waals surface area contributed by atoms with Crippen LogP contribution in [0.1, 0.15) is 39.0 Å². The molecule has 2 heterocycles. The van der Waals surface area contributed by atoms with E-state index in [2.05, 4.69) is 4.90 Å². The lowest BCUT2D eigenvalue weighted by Gasteiger charge is -2.44. The topological polar surface area (TPSA) is 77.9 Å². The van der Waals surface area contributed by atoms with E-state index in [0.717, 1.165) is 32.2 Å². The molecule has 2 aliphatic rings. The fourth-order valence-electron chi connectivity index (χ4n) is 3.50. The Kier molecular flexibility index (Phi) is 4.95. The van der Waals surface area contributed by atoms with Gasteiger partial charge in [-0.15, -0.1) is 0 Å². The molecule has 0 aromatic carbocycles. The van der Waals surface area contributed by atoms with Gasteiger partial charge in [0.05, 0.1) is 6.26 Å². The van der Waals surface area contributed by atoms with Gasteiger partial charge in [0.15, 0.2) is 0 Å². The van der Waals surface area contributed by atoms with Crippen LogP contribution >= 0.6 is 0 Å². The van der Waals surface area contributed by atoms with E-state index in [-0.39, 0.29) is 5.92 Å². The molecule has 2 fully saturated rings. The van der Waals surface area contributed by atoms with Gasteiger partial charge in [0.25, 0.3) is 0 Å². The van der Waals surface area contributed by atoms with Crippen LogP contribution in [0.5, 0.6) is 0 Å². The number of sulfonamides is 1. The summed E-state index contributed by atoms with van der Waals surface area (Å²) in [4.78, 5) is 13.7. The quantitative estimate of drug-likeness (QED) is 0.836. The molecule has 0 amide bonds. The van der Waals surface area contributed by atoms with Crippen LogP contribution in [-0.2, 0) is 14.8 Å². The molecule has 0 bridgehead atoms. The predicted octanol–water partition coefficient (Wildman–Crippen LogP) is 0.987. The van der Waals surface area contributed by atoms with Crippen molar-refractivity contribution in [2.24, 2.45) is 5.92 Å². The number of nitrogens with zero attached hydrogens (tertiary/aromatic N) is 2. The molecule has 1 N–H and O–H groups in total. The largest absolute Gasteiger partial charge is 0.480 e. The molecule has 2 saturated heterocycles. The minimum atomic E-state index is -3.15. The third-order valence-electron chi connectivity index (χ3n) is 4.93. The number of aliphatic carboxylic acids is 1. The molecule has 0 aromatic heterocycles. The predicted molar refractivity (Wildman–Crippen MR) is 80.6 cm³/mol. The van der Waals surface area contributed by atoms with Crippen molar-refractivity contribution in [3.05, 3.63) is 0 Å². The normalized spacial score (nSPS) is 33.0. The van der Waals surface area contributed by atoms with Crippen LogP contribution in [0.25, 0.3) is 0 Å². The van der Waals surface area contributed by atoms with E-state index in [0.29, 0.717) is 26.1 Å². The summed E-state index contributed by atoms with van der Waals surface area (Å²) in [6, 6.07) is 0. The van der Waals surface area contributed by atoms with Gasteiger partial charge in [-0.1, -0.05) is 0 Å². The van der Waals surface area contributed by atoms with E-state index in [4.69, 9.17) is 0 Å². The van der Waals surface area contributed by atoms with Crippen molar-refractivity contribution >= 4 is 16.0 Å². The first kappa shape index (κ1) is 16.7. The Morgan fingerprint density at radius 1 is 1.29 bits per heavy atom. The van der Waals surface area contributed by atoms with Crippen LogP contribution < -0.4 is 0 Å². The lowest BCUT2D eigenvalue weighted by Crippen LogP contribution is -2.57. The minimum absolute atomic E-state index is 0.227. The van der Waals surface area contributed by atoms with Gasteiger partial charge in [0.2, 0.25) is 10.0 Å². The summed E-state index contributed by atoms with van der Waals surface area (Å²) in [5.74, 6) is -0.539. The minimum Gasteiger partial charge on any atom is -0.480 e. The molecule has 2 aliphatic heterocycles. The summed E-state index contributed by atoms with van der Waals surface area (Å²) in [7, 11) is -3.15. The molecule has 122 valence electrons. The van der Waals surface area contributed by atoms with E-state index in [1.807, 2.05) is 0 Å². The van der Waals surface area contributed by atoms with Gasteiger partial charge < -0.3 is 5.11 Å². The molecule has 0 spiro atoms. The standard InChI is InChI=1S/C14H26N2O4S/c1-14(13(17)18)7-3-4-8-15(14)10-12-6-5-9-16(11-12)21(2,19)20/h12H,3-11H2,1-2H3,(H,17,18). The number of piperidine rings is 2. The van der Waals surface area contributed by atoms with Gasteiger partial charge in [-0.25, -0.2) is 12.7 Å². The van der Waals surface area contributed by atoms with Crippen LogP contribution in [0.4, 0.5) is 0 Å². The first-order valence-electron chi connectivity index (χ1n) is 7.67. The molecule has 0 aliphatic carbocycles. The van der Waals surface area contributed by atoms with Crippen LogP contribution in [-0.4, -0.2) is 66.7 Å². The van der Waals surface area contributed by atoms with Crippen LogP contribution in [0.15, 0.2) is 0 Å². The monoisotopic (exact) mass is 318 g/mol. The maximum Gasteiger partial charge on any atom is 0.323 e. The summed E-state index contributed by atoms with van der Waals surface area (Å²) in [6.07, 6.45) is 5.71. The van der Waals surface area contributed by atoms with Crippen molar-refractivity contribution in [1.29, 1.82) is 0 Å². The van der Waals surface area contributed by atoms with Crippen LogP contribution in [0, 0.1) is 5.92 Å². The number of carbonyl (C=O) groups is 1. The van der Waals surface area contributed by atoms with Gasteiger partial charge in [-0.05, 0) is 51.5 Å². The second kappa shape index (κ2) is 6.22. The lowest BCUT2D eigenvalue weighted by atomic mass is 9.86. The molecule has 2 unspecified atom stereocenters. The fraction of sp³-hybridized carbons (Fsp3) is 0.929. The molecule has 2 rings (SSSR count). The zero-order valence-corrected chi connectivity index (χ0v) is 13.7. The maximum absolute atomic E-state index is 11.7. The third kappa shape index (κ3) is 3.76. The van der Waals surface area contributed by atoms with Crippen molar-refractivity contribution in [1.82, 2.24) is 9.21 Å². The Morgan fingerprint density at radius 3 is 2.62 bits per heavy atom. The number of likely N-dealkylation sites (tertiary alicyclic amines) is 1. The molecule has 0 aromatic rings. The van der Waals surface area contributed by atoms with Gasteiger partial charge in [0, 0.05) is 19.6 Å². The van der Waals surface area contributed by atoms with Gasteiger partial charge in [-0.2, -0.15) is 0 Å². The number of hydrogen-bond donors (Lipinski definition) is 1. The molecular weight excluding hydrogens is 292 g/mol. The Balaban J connectivity index is 2.04. The van der Waals surface area contributed by atoms with Gasteiger partial charge in [0.1, 0.15) is 5.54 Å². The Labute approximate surface area is 127 Å². The van der Waals surface area contributed by atoms with E-state index >= 15 is 0 Å². The smallest absolute Gasteiger partial charge is 0.323 e. The van der Waals surface area contributed by atoms with Gasteiger partial charge >= 0.3 is 5.97 Å². The zero-order chi connectivity index (χ0) is 15.7. The number of rotatable bonds is 4.